The first-order valence-electron chi connectivity index (χ1n) is 10.3. The summed E-state index contributed by atoms with van der Waals surface area (Å²) >= 11 is 0. The molecule has 4 rings (SSSR count). The standard InChI is InChI=1S/C24H26FNO3/c25-21-8-4-7-19(12-21)22-14-26(13-20(22)15-27)23(11-17-9-10-17)24(28)29-16-18-5-2-1-3-6-18/h1-8,12,15,17,20,22-23H,9-11,13-14,16H2/t20?,22?,23-/m1/s1. The number of rotatable bonds is 8. The normalized spacial score (nSPS) is 22.9. The highest BCUT2D eigenvalue weighted by Gasteiger charge is 2.42. The summed E-state index contributed by atoms with van der Waals surface area (Å²) in [5, 5.41) is 0. The minimum absolute atomic E-state index is 0.105. The minimum Gasteiger partial charge on any atom is -0.460 e. The molecule has 2 unspecified atom stereocenters. The van der Waals surface area contributed by atoms with E-state index < -0.39 is 0 Å². The fraction of sp³-hybridized carbons (Fsp3) is 0.417. The number of benzene rings is 2. The Kier molecular flexibility index (Phi) is 6.05. The summed E-state index contributed by atoms with van der Waals surface area (Å²) in [5.41, 5.74) is 1.77. The second-order valence-corrected chi connectivity index (χ2v) is 8.20. The lowest BCUT2D eigenvalue weighted by molar-refractivity contribution is -0.151. The summed E-state index contributed by atoms with van der Waals surface area (Å²) in [7, 11) is 0. The van der Waals surface area contributed by atoms with Crippen LogP contribution in [-0.2, 0) is 20.9 Å². The fourth-order valence-corrected chi connectivity index (χ4v) is 4.23. The molecule has 3 atom stereocenters. The van der Waals surface area contributed by atoms with Crippen LogP contribution in [0.1, 0.15) is 36.3 Å². The number of nitrogens with zero attached hydrogens (tertiary/aromatic N) is 1. The summed E-state index contributed by atoms with van der Waals surface area (Å²) in [6.45, 7) is 1.31. The maximum absolute atomic E-state index is 13.7. The Morgan fingerprint density at radius 3 is 2.62 bits per heavy atom. The molecule has 1 saturated carbocycles. The van der Waals surface area contributed by atoms with Gasteiger partial charge in [0.05, 0.1) is 0 Å². The summed E-state index contributed by atoms with van der Waals surface area (Å²) in [6.07, 6.45) is 3.98. The van der Waals surface area contributed by atoms with E-state index in [0.717, 1.165) is 36.7 Å². The molecule has 152 valence electrons. The zero-order valence-electron chi connectivity index (χ0n) is 16.4. The number of carbonyl (C=O) groups excluding carboxylic acids is 2. The van der Waals surface area contributed by atoms with Crippen LogP contribution in [0.5, 0.6) is 0 Å². The minimum atomic E-state index is -0.354. The second kappa shape index (κ2) is 8.87. The van der Waals surface area contributed by atoms with Gasteiger partial charge in [-0.2, -0.15) is 0 Å². The van der Waals surface area contributed by atoms with Crippen molar-refractivity contribution in [2.24, 2.45) is 11.8 Å². The molecule has 4 nitrogen and oxygen atoms in total. The lowest BCUT2D eigenvalue weighted by atomic mass is 9.90. The fourth-order valence-electron chi connectivity index (χ4n) is 4.23. The van der Waals surface area contributed by atoms with E-state index in [9.17, 15) is 14.0 Å². The zero-order chi connectivity index (χ0) is 20.2. The van der Waals surface area contributed by atoms with Gasteiger partial charge in [0.1, 0.15) is 24.8 Å². The maximum atomic E-state index is 13.7. The first-order valence-corrected chi connectivity index (χ1v) is 10.3. The Balaban J connectivity index is 1.47. The summed E-state index contributed by atoms with van der Waals surface area (Å²) in [5.74, 6) is -0.341. The molecular formula is C24H26FNO3. The highest BCUT2D eigenvalue weighted by Crippen LogP contribution is 2.38. The molecule has 1 aliphatic carbocycles. The van der Waals surface area contributed by atoms with Gasteiger partial charge in [-0.1, -0.05) is 55.3 Å². The molecule has 0 spiro atoms. The largest absolute Gasteiger partial charge is 0.460 e. The van der Waals surface area contributed by atoms with E-state index in [2.05, 4.69) is 4.90 Å². The predicted octanol–water partition coefficient (Wildman–Crippen LogP) is 3.95. The summed E-state index contributed by atoms with van der Waals surface area (Å²) in [6, 6.07) is 15.7. The van der Waals surface area contributed by atoms with Gasteiger partial charge < -0.3 is 9.53 Å². The SMILES string of the molecule is O=CC1CN([C@H](CC2CC2)C(=O)OCc2ccccc2)CC1c1cccc(F)c1. The molecule has 29 heavy (non-hydrogen) atoms. The van der Waals surface area contributed by atoms with E-state index in [4.69, 9.17) is 4.74 Å². The van der Waals surface area contributed by atoms with Crippen LogP contribution >= 0.6 is 0 Å². The first kappa shape index (κ1) is 19.8. The molecule has 2 aliphatic rings. The van der Waals surface area contributed by atoms with Gasteiger partial charge in [-0.05, 0) is 35.6 Å². The molecule has 0 amide bonds. The Bertz CT molecular complexity index is 852. The van der Waals surface area contributed by atoms with E-state index >= 15 is 0 Å². The van der Waals surface area contributed by atoms with Crippen molar-refractivity contribution in [1.29, 1.82) is 0 Å². The molecule has 1 saturated heterocycles. The average molecular weight is 395 g/mol. The van der Waals surface area contributed by atoms with Gasteiger partial charge >= 0.3 is 5.97 Å². The summed E-state index contributed by atoms with van der Waals surface area (Å²) in [4.78, 5) is 26.7. The van der Waals surface area contributed by atoms with Crippen molar-refractivity contribution in [2.75, 3.05) is 13.1 Å². The Morgan fingerprint density at radius 2 is 1.93 bits per heavy atom. The number of hydrogen-bond acceptors (Lipinski definition) is 4. The molecule has 0 aromatic heterocycles. The Morgan fingerprint density at radius 1 is 1.14 bits per heavy atom. The van der Waals surface area contributed by atoms with Crippen molar-refractivity contribution in [3.63, 3.8) is 0 Å². The van der Waals surface area contributed by atoms with E-state index in [0.29, 0.717) is 19.0 Å². The van der Waals surface area contributed by atoms with Crippen molar-refractivity contribution in [2.45, 2.75) is 37.8 Å². The van der Waals surface area contributed by atoms with Gasteiger partial charge in [0.2, 0.25) is 0 Å². The van der Waals surface area contributed by atoms with Crippen LogP contribution in [0.2, 0.25) is 0 Å². The van der Waals surface area contributed by atoms with Crippen LogP contribution in [0.15, 0.2) is 54.6 Å². The van der Waals surface area contributed by atoms with Crippen LogP contribution in [0, 0.1) is 17.7 Å². The molecule has 2 fully saturated rings. The zero-order valence-corrected chi connectivity index (χ0v) is 16.4. The number of carbonyl (C=O) groups is 2. The number of esters is 1. The second-order valence-electron chi connectivity index (χ2n) is 8.20. The van der Waals surface area contributed by atoms with Crippen molar-refractivity contribution in [1.82, 2.24) is 4.90 Å². The number of aldehydes is 1. The monoisotopic (exact) mass is 395 g/mol. The van der Waals surface area contributed by atoms with Crippen molar-refractivity contribution >= 4 is 12.3 Å². The molecular weight excluding hydrogens is 369 g/mol. The third kappa shape index (κ3) is 4.91. The molecule has 1 aliphatic heterocycles. The molecule has 2 aromatic rings. The van der Waals surface area contributed by atoms with Gasteiger partial charge in [-0.3, -0.25) is 9.69 Å². The highest BCUT2D eigenvalue weighted by molar-refractivity contribution is 5.76. The molecule has 0 bridgehead atoms. The van der Waals surface area contributed by atoms with Crippen molar-refractivity contribution in [3.05, 3.63) is 71.5 Å². The van der Waals surface area contributed by atoms with E-state index in [1.54, 1.807) is 6.07 Å². The Labute approximate surface area is 170 Å². The number of halogens is 1. The maximum Gasteiger partial charge on any atom is 0.323 e. The van der Waals surface area contributed by atoms with E-state index in [1.807, 2.05) is 36.4 Å². The number of hydrogen-bond donors (Lipinski definition) is 0. The van der Waals surface area contributed by atoms with Crippen molar-refractivity contribution < 1.29 is 18.7 Å². The third-order valence-electron chi connectivity index (χ3n) is 6.04. The molecule has 0 N–H and O–H groups in total. The predicted molar refractivity (Wildman–Crippen MR) is 108 cm³/mol. The van der Waals surface area contributed by atoms with Gasteiger partial charge in [-0.25, -0.2) is 4.39 Å². The van der Waals surface area contributed by atoms with E-state index in [-0.39, 0.29) is 36.3 Å². The Hall–Kier alpha value is -2.53. The van der Waals surface area contributed by atoms with Crippen LogP contribution in [0.25, 0.3) is 0 Å². The van der Waals surface area contributed by atoms with Gasteiger partial charge in [0.25, 0.3) is 0 Å². The van der Waals surface area contributed by atoms with Crippen LogP contribution in [0.3, 0.4) is 0 Å². The van der Waals surface area contributed by atoms with Crippen molar-refractivity contribution in [3.8, 4) is 0 Å². The molecule has 5 heteroatoms. The topological polar surface area (TPSA) is 46.6 Å². The number of ether oxygens (including phenoxy) is 1. The highest BCUT2D eigenvalue weighted by atomic mass is 19.1. The average Bonchev–Trinajstić information content (AvgIpc) is 3.47. The van der Waals surface area contributed by atoms with Crippen LogP contribution in [-0.4, -0.2) is 36.3 Å². The third-order valence-corrected chi connectivity index (χ3v) is 6.04. The molecule has 0 radical (unpaired) electrons. The summed E-state index contributed by atoms with van der Waals surface area (Å²) < 4.78 is 19.3. The van der Waals surface area contributed by atoms with Crippen LogP contribution in [0.4, 0.5) is 4.39 Å². The van der Waals surface area contributed by atoms with Gasteiger partial charge in [-0.15, -0.1) is 0 Å². The van der Waals surface area contributed by atoms with E-state index in [1.165, 1.54) is 12.1 Å². The lowest BCUT2D eigenvalue weighted by Crippen LogP contribution is -2.41. The van der Waals surface area contributed by atoms with Gasteiger partial charge in [0.15, 0.2) is 0 Å². The lowest BCUT2D eigenvalue weighted by Gasteiger charge is -2.26. The smallest absolute Gasteiger partial charge is 0.323 e. The first-order chi connectivity index (χ1) is 14.1. The van der Waals surface area contributed by atoms with Gasteiger partial charge in [0, 0.05) is 24.9 Å². The molecule has 1 heterocycles. The quantitative estimate of drug-likeness (QED) is 0.502. The van der Waals surface area contributed by atoms with Crippen LogP contribution < -0.4 is 0 Å². The number of likely N-dealkylation sites (tertiary alicyclic amines) is 1. The molecule has 2 aromatic carbocycles.